The molecule has 1 aliphatic carbocycles. The Morgan fingerprint density at radius 3 is 1.86 bits per heavy atom. The number of ether oxygens (including phenoxy) is 1. The van der Waals surface area contributed by atoms with E-state index in [1.54, 1.807) is 25.1 Å². The number of carbonyl (C=O) groups excluding carboxylic acids is 1. The Morgan fingerprint density at radius 2 is 1.32 bits per heavy atom. The second-order valence-electron chi connectivity index (χ2n) is 10.0. The normalized spacial score (nSPS) is 14.9. The summed E-state index contributed by atoms with van der Waals surface area (Å²) in [7, 11) is -3.97. The SMILES string of the molecule is CCCCCCCCN(CCCCCCCC)C1=C/C(=C(\C(=O)OCC)S(=O)(=O)c2ccccc2)CC1. The van der Waals surface area contributed by atoms with E-state index in [0.29, 0.717) is 12.0 Å². The Balaban J connectivity index is 2.24. The van der Waals surface area contributed by atoms with Crippen molar-refractivity contribution >= 4 is 15.8 Å². The molecule has 1 aromatic carbocycles. The lowest BCUT2D eigenvalue weighted by molar-refractivity contribution is -0.137. The molecule has 208 valence electrons. The number of sulfone groups is 1. The van der Waals surface area contributed by atoms with Crippen molar-refractivity contribution < 1.29 is 17.9 Å². The molecule has 0 fully saturated rings. The maximum absolute atomic E-state index is 13.5. The number of rotatable bonds is 19. The number of nitrogens with zero attached hydrogens (tertiary/aromatic N) is 1. The first-order valence-corrected chi connectivity index (χ1v) is 16.1. The van der Waals surface area contributed by atoms with Crippen LogP contribution in [0.2, 0.25) is 0 Å². The monoisotopic (exact) mass is 531 g/mol. The Hall–Kier alpha value is -2.08. The number of hydrogen-bond donors (Lipinski definition) is 0. The van der Waals surface area contributed by atoms with E-state index >= 15 is 0 Å². The lowest BCUT2D eigenvalue weighted by Gasteiger charge is -2.26. The number of unbranched alkanes of at least 4 members (excludes halogenated alkanes) is 10. The molecule has 0 aliphatic heterocycles. The molecule has 1 aromatic rings. The average molecular weight is 532 g/mol. The van der Waals surface area contributed by atoms with Crippen molar-refractivity contribution in [3.8, 4) is 0 Å². The van der Waals surface area contributed by atoms with Gasteiger partial charge in [0.2, 0.25) is 9.84 Å². The minimum Gasteiger partial charge on any atom is -0.462 e. The van der Waals surface area contributed by atoms with Gasteiger partial charge in [0.1, 0.15) is 0 Å². The van der Waals surface area contributed by atoms with Gasteiger partial charge in [-0.25, -0.2) is 13.2 Å². The van der Waals surface area contributed by atoms with Crippen LogP contribution >= 0.6 is 0 Å². The summed E-state index contributed by atoms with van der Waals surface area (Å²) in [4.78, 5) is 15.3. The van der Waals surface area contributed by atoms with Crippen LogP contribution in [0.15, 0.2) is 57.5 Å². The zero-order valence-electron chi connectivity index (χ0n) is 23.5. The third-order valence-corrected chi connectivity index (χ3v) is 8.89. The van der Waals surface area contributed by atoms with Crippen LogP contribution in [0.3, 0.4) is 0 Å². The molecule has 0 heterocycles. The third-order valence-electron chi connectivity index (χ3n) is 7.04. The first-order valence-electron chi connectivity index (χ1n) is 14.6. The van der Waals surface area contributed by atoms with Crippen molar-refractivity contribution in [2.45, 2.75) is 116 Å². The maximum atomic E-state index is 13.5. The Kier molecular flexibility index (Phi) is 14.7. The van der Waals surface area contributed by atoms with E-state index in [-0.39, 0.29) is 16.4 Å². The van der Waals surface area contributed by atoms with Gasteiger partial charge < -0.3 is 9.64 Å². The second kappa shape index (κ2) is 17.4. The van der Waals surface area contributed by atoms with Crippen LogP contribution in [0.5, 0.6) is 0 Å². The lowest BCUT2D eigenvalue weighted by Crippen LogP contribution is -2.25. The second-order valence-corrected chi connectivity index (χ2v) is 11.9. The van der Waals surface area contributed by atoms with Gasteiger partial charge in [0.05, 0.1) is 11.5 Å². The maximum Gasteiger partial charge on any atom is 0.350 e. The van der Waals surface area contributed by atoms with Crippen LogP contribution < -0.4 is 0 Å². The summed E-state index contributed by atoms with van der Waals surface area (Å²) in [5.41, 5.74) is 1.73. The average Bonchev–Trinajstić information content (AvgIpc) is 3.36. The molecular formula is C31H49NO4S. The fourth-order valence-electron chi connectivity index (χ4n) is 4.93. The summed E-state index contributed by atoms with van der Waals surface area (Å²) in [6.45, 7) is 8.29. The molecule has 6 heteroatoms. The van der Waals surface area contributed by atoms with E-state index in [1.165, 1.54) is 76.3 Å². The largest absolute Gasteiger partial charge is 0.462 e. The standard InChI is InChI=1S/C31H49NO4S/c1-4-7-9-11-13-18-24-32(25-19-14-12-10-8-5-2)28-23-22-27(26-28)30(31(33)36-6-3)37(34,35)29-20-16-15-17-21-29/h15-17,20-21,26H,4-14,18-19,22-25H2,1-3H3/b30-27+. The van der Waals surface area contributed by atoms with Crippen LogP contribution in [0.1, 0.15) is 111 Å². The minimum absolute atomic E-state index is 0.128. The zero-order valence-corrected chi connectivity index (χ0v) is 24.3. The Morgan fingerprint density at radius 1 is 0.784 bits per heavy atom. The number of allylic oxidation sites excluding steroid dienone is 3. The number of hydrogen-bond acceptors (Lipinski definition) is 5. The van der Waals surface area contributed by atoms with Crippen LogP contribution in [-0.2, 0) is 19.4 Å². The molecule has 0 amide bonds. The van der Waals surface area contributed by atoms with Crippen LogP contribution in [0.4, 0.5) is 0 Å². The molecule has 0 bridgehead atoms. The molecule has 5 nitrogen and oxygen atoms in total. The molecule has 37 heavy (non-hydrogen) atoms. The minimum atomic E-state index is -3.97. The summed E-state index contributed by atoms with van der Waals surface area (Å²) in [5, 5.41) is 0. The molecule has 1 aliphatic rings. The molecule has 0 unspecified atom stereocenters. The van der Waals surface area contributed by atoms with Crippen LogP contribution in [-0.4, -0.2) is 39.0 Å². The van der Waals surface area contributed by atoms with Crippen LogP contribution in [0.25, 0.3) is 0 Å². The molecule has 2 rings (SSSR count). The van der Waals surface area contributed by atoms with E-state index in [4.69, 9.17) is 4.74 Å². The van der Waals surface area contributed by atoms with Crippen molar-refractivity contribution in [3.63, 3.8) is 0 Å². The van der Waals surface area contributed by atoms with Crippen LogP contribution in [0, 0.1) is 0 Å². The van der Waals surface area contributed by atoms with Crippen molar-refractivity contribution in [1.29, 1.82) is 0 Å². The fourth-order valence-corrected chi connectivity index (χ4v) is 6.46. The first-order chi connectivity index (χ1) is 18.0. The molecule has 0 atom stereocenters. The Labute approximate surface area is 226 Å². The smallest absolute Gasteiger partial charge is 0.350 e. The summed E-state index contributed by atoms with van der Waals surface area (Å²) >= 11 is 0. The van der Waals surface area contributed by atoms with Gasteiger partial charge in [-0.1, -0.05) is 96.3 Å². The molecule has 0 spiro atoms. The molecule has 0 N–H and O–H groups in total. The number of carbonyl (C=O) groups is 1. The van der Waals surface area contributed by atoms with Crippen molar-refractivity contribution in [2.75, 3.05) is 19.7 Å². The topological polar surface area (TPSA) is 63.7 Å². The third kappa shape index (κ3) is 10.3. The lowest BCUT2D eigenvalue weighted by atomic mass is 10.1. The van der Waals surface area contributed by atoms with Gasteiger partial charge in [-0.15, -0.1) is 0 Å². The predicted molar refractivity (Wildman–Crippen MR) is 153 cm³/mol. The van der Waals surface area contributed by atoms with Gasteiger partial charge in [0.15, 0.2) is 4.91 Å². The summed E-state index contributed by atoms with van der Waals surface area (Å²) < 4.78 is 32.2. The molecule has 0 aromatic heterocycles. The molecule has 0 saturated carbocycles. The highest BCUT2D eigenvalue weighted by Gasteiger charge is 2.33. The summed E-state index contributed by atoms with van der Waals surface area (Å²) in [6.07, 6.45) is 18.2. The van der Waals surface area contributed by atoms with Gasteiger partial charge >= 0.3 is 5.97 Å². The van der Waals surface area contributed by atoms with Crippen molar-refractivity contribution in [2.24, 2.45) is 0 Å². The molecule has 0 radical (unpaired) electrons. The number of benzene rings is 1. The Bertz CT molecular complexity index is 950. The first kappa shape index (κ1) is 31.1. The highest BCUT2D eigenvalue weighted by Crippen LogP contribution is 2.34. The van der Waals surface area contributed by atoms with E-state index in [0.717, 1.165) is 38.0 Å². The predicted octanol–water partition coefficient (Wildman–Crippen LogP) is 7.98. The number of esters is 1. The van der Waals surface area contributed by atoms with E-state index < -0.39 is 15.8 Å². The highest BCUT2D eigenvalue weighted by molar-refractivity contribution is 7.96. The van der Waals surface area contributed by atoms with Gasteiger partial charge in [-0.3, -0.25) is 0 Å². The quantitative estimate of drug-likeness (QED) is 0.103. The fraction of sp³-hybridized carbons (Fsp3) is 0.645. The van der Waals surface area contributed by atoms with Gasteiger partial charge in [-0.2, -0.15) is 0 Å². The van der Waals surface area contributed by atoms with Gasteiger partial charge in [-0.05, 0) is 56.4 Å². The molecule has 0 saturated heterocycles. The van der Waals surface area contributed by atoms with Crippen molar-refractivity contribution in [3.05, 3.63) is 52.6 Å². The highest BCUT2D eigenvalue weighted by atomic mass is 32.2. The van der Waals surface area contributed by atoms with E-state index in [1.807, 2.05) is 6.08 Å². The van der Waals surface area contributed by atoms with Crippen molar-refractivity contribution in [1.82, 2.24) is 4.90 Å². The molecular weight excluding hydrogens is 482 g/mol. The summed E-state index contributed by atoms with van der Waals surface area (Å²) in [5.74, 6) is -0.753. The van der Waals surface area contributed by atoms with Gasteiger partial charge in [0, 0.05) is 18.8 Å². The van der Waals surface area contributed by atoms with E-state index in [2.05, 4.69) is 18.7 Å². The van der Waals surface area contributed by atoms with Gasteiger partial charge in [0.25, 0.3) is 0 Å². The summed E-state index contributed by atoms with van der Waals surface area (Å²) in [6, 6.07) is 8.21. The van der Waals surface area contributed by atoms with E-state index in [9.17, 15) is 13.2 Å². The zero-order chi connectivity index (χ0) is 26.9.